The standard InChI is InChI=1S/C10H18ClNO2/c1-4-14-10(13)6-5-9(7-11)12-8(2)3/h5,8,12H,4,6-7H2,1-3H3. The number of ether oxygens (including phenoxy) is 1. The molecule has 0 fully saturated rings. The Hall–Kier alpha value is -0.700. The summed E-state index contributed by atoms with van der Waals surface area (Å²) in [7, 11) is 0. The highest BCUT2D eigenvalue weighted by Gasteiger charge is 2.01. The summed E-state index contributed by atoms with van der Waals surface area (Å²) in [4.78, 5) is 11.0. The van der Waals surface area contributed by atoms with Crippen LogP contribution in [0.4, 0.5) is 0 Å². The number of allylic oxidation sites excluding steroid dienone is 1. The summed E-state index contributed by atoms with van der Waals surface area (Å²) in [5.74, 6) is 0.165. The van der Waals surface area contributed by atoms with Crippen LogP contribution in [0.2, 0.25) is 0 Å². The van der Waals surface area contributed by atoms with Crippen LogP contribution in [0.1, 0.15) is 27.2 Å². The van der Waals surface area contributed by atoms with Gasteiger partial charge in [-0.2, -0.15) is 0 Å². The van der Waals surface area contributed by atoms with Gasteiger partial charge >= 0.3 is 5.97 Å². The second-order valence-corrected chi connectivity index (χ2v) is 3.44. The molecule has 0 rings (SSSR count). The summed E-state index contributed by atoms with van der Waals surface area (Å²) in [5.41, 5.74) is 0.870. The average Bonchev–Trinajstić information content (AvgIpc) is 2.12. The number of esters is 1. The predicted octanol–water partition coefficient (Wildman–Crippen LogP) is 2.06. The molecule has 0 aromatic carbocycles. The molecule has 0 saturated carbocycles. The summed E-state index contributed by atoms with van der Waals surface area (Å²) in [5, 5.41) is 3.15. The van der Waals surface area contributed by atoms with Gasteiger partial charge in [0.05, 0.1) is 18.9 Å². The number of hydrogen-bond donors (Lipinski definition) is 1. The monoisotopic (exact) mass is 219 g/mol. The Morgan fingerprint density at radius 3 is 2.64 bits per heavy atom. The quantitative estimate of drug-likeness (QED) is 0.549. The van der Waals surface area contributed by atoms with Crippen molar-refractivity contribution >= 4 is 17.6 Å². The van der Waals surface area contributed by atoms with Gasteiger partial charge in [0.1, 0.15) is 0 Å². The first-order chi connectivity index (χ1) is 6.60. The van der Waals surface area contributed by atoms with E-state index in [4.69, 9.17) is 16.3 Å². The molecule has 0 saturated heterocycles. The van der Waals surface area contributed by atoms with Gasteiger partial charge in [-0.25, -0.2) is 0 Å². The van der Waals surface area contributed by atoms with E-state index in [-0.39, 0.29) is 12.4 Å². The molecular formula is C10H18ClNO2. The van der Waals surface area contributed by atoms with Gasteiger partial charge in [0.15, 0.2) is 0 Å². The summed E-state index contributed by atoms with van der Waals surface area (Å²) < 4.78 is 4.79. The minimum atomic E-state index is -0.222. The Morgan fingerprint density at radius 1 is 1.57 bits per heavy atom. The van der Waals surface area contributed by atoms with Gasteiger partial charge in [0.2, 0.25) is 0 Å². The molecule has 82 valence electrons. The summed E-state index contributed by atoms with van der Waals surface area (Å²) in [6.45, 7) is 6.24. The van der Waals surface area contributed by atoms with Crippen LogP contribution < -0.4 is 5.32 Å². The number of carbonyl (C=O) groups excluding carboxylic acids is 1. The number of carbonyl (C=O) groups is 1. The van der Waals surface area contributed by atoms with E-state index in [1.54, 1.807) is 13.0 Å². The van der Waals surface area contributed by atoms with Gasteiger partial charge in [-0.05, 0) is 20.8 Å². The van der Waals surface area contributed by atoms with Crippen LogP contribution in [-0.4, -0.2) is 24.5 Å². The van der Waals surface area contributed by atoms with Gasteiger partial charge in [-0.15, -0.1) is 11.6 Å². The van der Waals surface area contributed by atoms with Crippen LogP contribution in [0.25, 0.3) is 0 Å². The Balaban J connectivity index is 3.97. The van der Waals surface area contributed by atoms with Crippen molar-refractivity contribution in [3.05, 3.63) is 11.8 Å². The second kappa shape index (κ2) is 7.68. The summed E-state index contributed by atoms with van der Waals surface area (Å²) >= 11 is 5.69. The molecule has 0 spiro atoms. The molecule has 0 amide bonds. The highest BCUT2D eigenvalue weighted by molar-refractivity contribution is 6.19. The number of alkyl halides is 1. The van der Waals surface area contributed by atoms with Gasteiger partial charge < -0.3 is 10.1 Å². The van der Waals surface area contributed by atoms with Crippen LogP contribution in [0.3, 0.4) is 0 Å². The molecule has 0 radical (unpaired) electrons. The molecule has 0 atom stereocenters. The molecule has 1 N–H and O–H groups in total. The Bertz CT molecular complexity index is 202. The fourth-order valence-corrected chi connectivity index (χ4v) is 1.14. The Labute approximate surface area is 90.5 Å². The van der Waals surface area contributed by atoms with E-state index in [2.05, 4.69) is 5.32 Å². The van der Waals surface area contributed by atoms with Crippen molar-refractivity contribution < 1.29 is 9.53 Å². The third-order valence-electron chi connectivity index (χ3n) is 1.44. The molecule has 0 aromatic rings. The van der Waals surface area contributed by atoms with E-state index >= 15 is 0 Å². The Kier molecular flexibility index (Phi) is 7.30. The fourth-order valence-electron chi connectivity index (χ4n) is 0.949. The van der Waals surface area contributed by atoms with Crippen molar-refractivity contribution in [2.75, 3.05) is 12.5 Å². The fraction of sp³-hybridized carbons (Fsp3) is 0.700. The zero-order valence-electron chi connectivity index (χ0n) is 8.97. The van der Waals surface area contributed by atoms with Crippen LogP contribution in [-0.2, 0) is 9.53 Å². The van der Waals surface area contributed by atoms with Crippen LogP contribution >= 0.6 is 11.6 Å². The second-order valence-electron chi connectivity index (χ2n) is 3.17. The molecule has 0 heterocycles. The van der Waals surface area contributed by atoms with E-state index in [9.17, 15) is 4.79 Å². The average molecular weight is 220 g/mol. The topological polar surface area (TPSA) is 38.3 Å². The van der Waals surface area contributed by atoms with E-state index in [0.717, 1.165) is 5.70 Å². The van der Waals surface area contributed by atoms with Crippen molar-refractivity contribution in [3.63, 3.8) is 0 Å². The van der Waals surface area contributed by atoms with E-state index in [1.807, 2.05) is 13.8 Å². The molecule has 0 aromatic heterocycles. The lowest BCUT2D eigenvalue weighted by Crippen LogP contribution is -2.23. The molecule has 0 aliphatic carbocycles. The van der Waals surface area contributed by atoms with Gasteiger partial charge in [0, 0.05) is 11.7 Å². The Morgan fingerprint density at radius 2 is 2.21 bits per heavy atom. The lowest BCUT2D eigenvalue weighted by molar-refractivity contribution is -0.142. The molecule has 0 unspecified atom stereocenters. The zero-order chi connectivity index (χ0) is 11.0. The maximum Gasteiger partial charge on any atom is 0.309 e. The molecule has 0 bridgehead atoms. The summed E-state index contributed by atoms with van der Waals surface area (Å²) in [6.07, 6.45) is 2.04. The minimum absolute atomic E-state index is 0.222. The van der Waals surface area contributed by atoms with Crippen LogP contribution in [0.5, 0.6) is 0 Å². The first-order valence-electron chi connectivity index (χ1n) is 4.77. The van der Waals surface area contributed by atoms with Crippen molar-refractivity contribution in [1.29, 1.82) is 0 Å². The lowest BCUT2D eigenvalue weighted by atomic mass is 10.3. The molecule has 0 aliphatic heterocycles. The maximum absolute atomic E-state index is 11.0. The normalized spacial score (nSPS) is 11.6. The van der Waals surface area contributed by atoms with Crippen molar-refractivity contribution in [3.8, 4) is 0 Å². The third kappa shape index (κ3) is 6.78. The smallest absolute Gasteiger partial charge is 0.309 e. The zero-order valence-corrected chi connectivity index (χ0v) is 9.73. The lowest BCUT2D eigenvalue weighted by Gasteiger charge is -2.11. The molecule has 0 aliphatic rings. The van der Waals surface area contributed by atoms with E-state index < -0.39 is 0 Å². The molecule has 14 heavy (non-hydrogen) atoms. The summed E-state index contributed by atoms with van der Waals surface area (Å²) in [6, 6.07) is 0.321. The maximum atomic E-state index is 11.0. The van der Waals surface area contributed by atoms with Crippen molar-refractivity contribution in [2.45, 2.75) is 33.2 Å². The van der Waals surface area contributed by atoms with Crippen LogP contribution in [0.15, 0.2) is 11.8 Å². The first-order valence-corrected chi connectivity index (χ1v) is 5.30. The van der Waals surface area contributed by atoms with Gasteiger partial charge in [-0.1, -0.05) is 6.08 Å². The minimum Gasteiger partial charge on any atom is -0.466 e. The number of rotatable bonds is 6. The van der Waals surface area contributed by atoms with Gasteiger partial charge in [0.25, 0.3) is 0 Å². The molecule has 3 nitrogen and oxygen atoms in total. The SMILES string of the molecule is CCOC(=O)CC=C(CCl)NC(C)C. The number of hydrogen-bond acceptors (Lipinski definition) is 3. The highest BCUT2D eigenvalue weighted by atomic mass is 35.5. The number of halogens is 1. The largest absolute Gasteiger partial charge is 0.466 e. The van der Waals surface area contributed by atoms with Crippen LogP contribution in [0, 0.1) is 0 Å². The van der Waals surface area contributed by atoms with E-state index in [1.165, 1.54) is 0 Å². The third-order valence-corrected chi connectivity index (χ3v) is 1.73. The molecular weight excluding hydrogens is 202 g/mol. The van der Waals surface area contributed by atoms with E-state index in [0.29, 0.717) is 18.5 Å². The predicted molar refractivity (Wildman–Crippen MR) is 58.3 cm³/mol. The highest BCUT2D eigenvalue weighted by Crippen LogP contribution is 1.99. The molecule has 4 heteroatoms. The first kappa shape index (κ1) is 13.3. The van der Waals surface area contributed by atoms with Gasteiger partial charge in [-0.3, -0.25) is 4.79 Å². The van der Waals surface area contributed by atoms with Crippen molar-refractivity contribution in [2.24, 2.45) is 0 Å². The van der Waals surface area contributed by atoms with Crippen molar-refractivity contribution in [1.82, 2.24) is 5.32 Å². The number of nitrogens with one attached hydrogen (secondary N) is 1.